The Morgan fingerprint density at radius 3 is 2.63 bits per heavy atom. The molecule has 2 heterocycles. The van der Waals surface area contributed by atoms with Crippen LogP contribution in [-0.2, 0) is 0 Å². The summed E-state index contributed by atoms with van der Waals surface area (Å²) in [5.74, 6) is 1.91. The Bertz CT molecular complexity index is 397. The van der Waals surface area contributed by atoms with Crippen LogP contribution in [0.2, 0.25) is 0 Å². The SMILES string of the molecule is Cc1cc(C(C)NCC(O)CN2CCCC2)c(C)o1. The van der Waals surface area contributed by atoms with Gasteiger partial charge in [0.25, 0.3) is 0 Å². The van der Waals surface area contributed by atoms with E-state index in [1.54, 1.807) is 0 Å². The van der Waals surface area contributed by atoms with Crippen molar-refractivity contribution in [2.24, 2.45) is 0 Å². The summed E-state index contributed by atoms with van der Waals surface area (Å²) in [6.45, 7) is 9.73. The maximum Gasteiger partial charge on any atom is 0.105 e. The van der Waals surface area contributed by atoms with Gasteiger partial charge in [0, 0.05) is 24.7 Å². The number of rotatable bonds is 6. The van der Waals surface area contributed by atoms with Crippen LogP contribution < -0.4 is 5.32 Å². The van der Waals surface area contributed by atoms with Crippen molar-refractivity contribution in [1.82, 2.24) is 10.2 Å². The topological polar surface area (TPSA) is 48.6 Å². The molecule has 2 N–H and O–H groups in total. The Kier molecular flexibility index (Phi) is 5.02. The molecule has 2 unspecified atom stereocenters. The van der Waals surface area contributed by atoms with E-state index in [1.807, 2.05) is 13.8 Å². The standard InChI is InChI=1S/C15H26N2O2/c1-11-8-15(13(3)19-11)12(2)16-9-14(18)10-17-6-4-5-7-17/h8,12,14,16,18H,4-7,9-10H2,1-3H3. The van der Waals surface area contributed by atoms with Crippen molar-refractivity contribution < 1.29 is 9.52 Å². The summed E-state index contributed by atoms with van der Waals surface area (Å²) in [7, 11) is 0. The van der Waals surface area contributed by atoms with E-state index < -0.39 is 0 Å². The molecule has 2 rings (SSSR count). The number of aliphatic hydroxyl groups excluding tert-OH is 1. The third-order valence-electron chi connectivity index (χ3n) is 3.87. The average Bonchev–Trinajstić information content (AvgIpc) is 2.96. The molecule has 19 heavy (non-hydrogen) atoms. The lowest BCUT2D eigenvalue weighted by atomic mass is 10.1. The highest BCUT2D eigenvalue weighted by Crippen LogP contribution is 2.21. The van der Waals surface area contributed by atoms with Gasteiger partial charge >= 0.3 is 0 Å². The minimum Gasteiger partial charge on any atom is -0.466 e. The summed E-state index contributed by atoms with van der Waals surface area (Å²) in [5.41, 5.74) is 1.19. The number of aryl methyl sites for hydroxylation is 2. The van der Waals surface area contributed by atoms with Crippen LogP contribution in [0.3, 0.4) is 0 Å². The molecule has 0 saturated carbocycles. The Balaban J connectivity index is 1.76. The zero-order valence-corrected chi connectivity index (χ0v) is 12.3. The van der Waals surface area contributed by atoms with Crippen molar-refractivity contribution in [2.75, 3.05) is 26.2 Å². The highest BCUT2D eigenvalue weighted by Gasteiger charge is 2.17. The smallest absolute Gasteiger partial charge is 0.105 e. The highest BCUT2D eigenvalue weighted by atomic mass is 16.3. The quantitative estimate of drug-likeness (QED) is 0.827. The van der Waals surface area contributed by atoms with Crippen LogP contribution in [0.4, 0.5) is 0 Å². The molecule has 108 valence electrons. The van der Waals surface area contributed by atoms with Crippen LogP contribution in [0.5, 0.6) is 0 Å². The van der Waals surface area contributed by atoms with Gasteiger partial charge in [0.05, 0.1) is 6.10 Å². The van der Waals surface area contributed by atoms with E-state index in [9.17, 15) is 5.11 Å². The molecule has 1 saturated heterocycles. The third kappa shape index (κ3) is 4.06. The van der Waals surface area contributed by atoms with E-state index in [0.29, 0.717) is 6.54 Å². The van der Waals surface area contributed by atoms with Crippen molar-refractivity contribution in [3.63, 3.8) is 0 Å². The van der Waals surface area contributed by atoms with Gasteiger partial charge in [-0.25, -0.2) is 0 Å². The molecule has 0 aliphatic carbocycles. The largest absolute Gasteiger partial charge is 0.466 e. The van der Waals surface area contributed by atoms with Crippen molar-refractivity contribution in [3.05, 3.63) is 23.2 Å². The maximum absolute atomic E-state index is 10.1. The number of nitrogens with one attached hydrogen (secondary N) is 1. The summed E-state index contributed by atoms with van der Waals surface area (Å²) in [6, 6.07) is 2.28. The van der Waals surface area contributed by atoms with Gasteiger partial charge in [-0.1, -0.05) is 0 Å². The highest BCUT2D eigenvalue weighted by molar-refractivity contribution is 5.23. The first-order valence-electron chi connectivity index (χ1n) is 7.27. The van der Waals surface area contributed by atoms with Gasteiger partial charge < -0.3 is 19.7 Å². The summed E-state index contributed by atoms with van der Waals surface area (Å²) in [4.78, 5) is 2.34. The summed E-state index contributed by atoms with van der Waals surface area (Å²) in [6.07, 6.45) is 2.24. The van der Waals surface area contributed by atoms with Crippen LogP contribution >= 0.6 is 0 Å². The normalized spacial score (nSPS) is 19.8. The first-order valence-corrected chi connectivity index (χ1v) is 7.27. The Labute approximate surface area is 115 Å². The molecule has 4 nitrogen and oxygen atoms in total. The maximum atomic E-state index is 10.1. The fraction of sp³-hybridized carbons (Fsp3) is 0.733. The molecule has 0 radical (unpaired) electrons. The van der Waals surface area contributed by atoms with E-state index in [-0.39, 0.29) is 12.1 Å². The van der Waals surface area contributed by atoms with E-state index in [2.05, 4.69) is 23.2 Å². The lowest BCUT2D eigenvalue weighted by Crippen LogP contribution is -2.37. The molecule has 2 atom stereocenters. The van der Waals surface area contributed by atoms with Crippen molar-refractivity contribution in [1.29, 1.82) is 0 Å². The van der Waals surface area contributed by atoms with Gasteiger partial charge in [0.15, 0.2) is 0 Å². The molecule has 0 spiro atoms. The van der Waals surface area contributed by atoms with E-state index in [4.69, 9.17) is 4.42 Å². The molecule has 1 aromatic heterocycles. The van der Waals surface area contributed by atoms with E-state index in [0.717, 1.165) is 31.2 Å². The molecule has 1 fully saturated rings. The van der Waals surface area contributed by atoms with Crippen LogP contribution in [0.15, 0.2) is 10.5 Å². The molecule has 0 aromatic carbocycles. The number of aliphatic hydroxyl groups is 1. The van der Waals surface area contributed by atoms with Gasteiger partial charge in [-0.2, -0.15) is 0 Å². The molecule has 1 aliphatic heterocycles. The van der Waals surface area contributed by atoms with Crippen LogP contribution in [0, 0.1) is 13.8 Å². The van der Waals surface area contributed by atoms with Crippen molar-refractivity contribution >= 4 is 0 Å². The van der Waals surface area contributed by atoms with Gasteiger partial charge in [-0.15, -0.1) is 0 Å². The Morgan fingerprint density at radius 2 is 2.05 bits per heavy atom. The number of hydrogen-bond acceptors (Lipinski definition) is 4. The van der Waals surface area contributed by atoms with Gasteiger partial charge in [0.2, 0.25) is 0 Å². The predicted molar refractivity (Wildman–Crippen MR) is 76.3 cm³/mol. The zero-order chi connectivity index (χ0) is 13.8. The van der Waals surface area contributed by atoms with E-state index >= 15 is 0 Å². The zero-order valence-electron chi connectivity index (χ0n) is 12.3. The molecule has 1 aromatic rings. The second-order valence-electron chi connectivity index (χ2n) is 5.66. The van der Waals surface area contributed by atoms with Crippen LogP contribution in [-0.4, -0.2) is 42.3 Å². The van der Waals surface area contributed by atoms with Crippen molar-refractivity contribution in [2.45, 2.75) is 45.8 Å². The summed E-state index contributed by atoms with van der Waals surface area (Å²) < 4.78 is 5.54. The summed E-state index contributed by atoms with van der Waals surface area (Å²) in [5, 5.41) is 13.4. The Morgan fingerprint density at radius 1 is 1.37 bits per heavy atom. The number of nitrogens with zero attached hydrogens (tertiary/aromatic N) is 1. The predicted octanol–water partition coefficient (Wildman–Crippen LogP) is 2.00. The van der Waals surface area contributed by atoms with Gasteiger partial charge in [-0.05, 0) is 52.8 Å². The first-order chi connectivity index (χ1) is 9.06. The van der Waals surface area contributed by atoms with E-state index in [1.165, 1.54) is 18.4 Å². The number of hydrogen-bond donors (Lipinski definition) is 2. The van der Waals surface area contributed by atoms with Gasteiger partial charge in [0.1, 0.15) is 11.5 Å². The Hall–Kier alpha value is -0.840. The molecular weight excluding hydrogens is 240 g/mol. The van der Waals surface area contributed by atoms with Crippen LogP contribution in [0.1, 0.15) is 42.9 Å². The first kappa shape index (κ1) is 14.6. The fourth-order valence-corrected chi connectivity index (χ4v) is 2.83. The fourth-order valence-electron chi connectivity index (χ4n) is 2.83. The lowest BCUT2D eigenvalue weighted by Gasteiger charge is -2.21. The van der Waals surface area contributed by atoms with Gasteiger partial charge in [-0.3, -0.25) is 0 Å². The lowest BCUT2D eigenvalue weighted by molar-refractivity contribution is 0.121. The molecule has 0 bridgehead atoms. The monoisotopic (exact) mass is 266 g/mol. The molecular formula is C15H26N2O2. The number of furan rings is 1. The molecule has 1 aliphatic rings. The summed E-state index contributed by atoms with van der Waals surface area (Å²) >= 11 is 0. The minimum absolute atomic E-state index is 0.214. The minimum atomic E-state index is -0.297. The molecule has 4 heteroatoms. The second kappa shape index (κ2) is 6.55. The van der Waals surface area contributed by atoms with Crippen molar-refractivity contribution in [3.8, 4) is 0 Å². The number of β-amino-alcohol motifs (C(OH)–C–C–N with tert-alkyl or cyclic N) is 1. The second-order valence-corrected chi connectivity index (χ2v) is 5.66. The van der Waals surface area contributed by atoms with Crippen LogP contribution in [0.25, 0.3) is 0 Å². The molecule has 0 amide bonds. The average molecular weight is 266 g/mol. The number of likely N-dealkylation sites (tertiary alicyclic amines) is 1. The third-order valence-corrected chi connectivity index (χ3v) is 3.87.